The third-order valence-electron chi connectivity index (χ3n) is 3.36. The zero-order valence-corrected chi connectivity index (χ0v) is 12.1. The van der Waals surface area contributed by atoms with Crippen molar-refractivity contribution in [2.24, 2.45) is 0 Å². The molecule has 1 N–H and O–H groups in total. The first-order valence-electron chi connectivity index (χ1n) is 6.42. The smallest absolute Gasteiger partial charge is 0.358 e. The van der Waals surface area contributed by atoms with Gasteiger partial charge in [0.2, 0.25) is 0 Å². The van der Waals surface area contributed by atoms with Gasteiger partial charge in [-0.05, 0) is 25.5 Å². The lowest BCUT2D eigenvalue weighted by molar-refractivity contribution is 0.0593. The molecule has 1 aromatic rings. The number of rotatable bonds is 4. The summed E-state index contributed by atoms with van der Waals surface area (Å²) in [7, 11) is 1.33. The van der Waals surface area contributed by atoms with Gasteiger partial charge in [-0.2, -0.15) is 11.8 Å². The Bertz CT molecular complexity index is 424. The average Bonchev–Trinajstić information content (AvgIpc) is 2.47. The number of ether oxygens (including phenoxy) is 1. The summed E-state index contributed by atoms with van der Waals surface area (Å²) in [6, 6.07) is 0.449. The van der Waals surface area contributed by atoms with E-state index in [2.05, 4.69) is 26.3 Å². The fourth-order valence-corrected chi connectivity index (χ4v) is 3.14. The first kappa shape index (κ1) is 14.1. The summed E-state index contributed by atoms with van der Waals surface area (Å²) < 4.78 is 4.59. The Labute approximate surface area is 117 Å². The van der Waals surface area contributed by atoms with E-state index in [9.17, 15) is 4.79 Å². The fraction of sp³-hybridized carbons (Fsp3) is 0.615. The molecule has 1 heterocycles. The second-order valence-corrected chi connectivity index (χ2v) is 5.78. The molecule has 2 unspecified atom stereocenters. The topological polar surface area (TPSA) is 64.1 Å². The van der Waals surface area contributed by atoms with Crippen LogP contribution in [-0.2, 0) is 4.74 Å². The number of hydrogen-bond acceptors (Lipinski definition) is 6. The maximum Gasteiger partial charge on any atom is 0.358 e. The Morgan fingerprint density at radius 2 is 2.26 bits per heavy atom. The Balaban J connectivity index is 1.94. The van der Waals surface area contributed by atoms with E-state index in [0.29, 0.717) is 6.04 Å². The van der Waals surface area contributed by atoms with Crippen molar-refractivity contribution >= 4 is 23.5 Å². The molecule has 5 nitrogen and oxygen atoms in total. The number of methoxy groups -OCH3 is 1. The van der Waals surface area contributed by atoms with E-state index in [4.69, 9.17) is 0 Å². The molecule has 0 saturated heterocycles. The standard InChI is InChI=1S/C13H19N3O2S/c1-18-13(17)11-7-15-12(8-14-11)16-9-4-3-5-10(6-9)19-2/h7-10H,3-6H2,1-2H3,(H,15,16). The Kier molecular flexibility index (Phi) is 5.01. The van der Waals surface area contributed by atoms with Crippen LogP contribution in [0.2, 0.25) is 0 Å². The van der Waals surface area contributed by atoms with E-state index in [1.165, 1.54) is 26.1 Å². The maximum absolute atomic E-state index is 11.2. The van der Waals surface area contributed by atoms with Gasteiger partial charge in [-0.15, -0.1) is 0 Å². The zero-order valence-electron chi connectivity index (χ0n) is 11.3. The molecule has 2 atom stereocenters. The van der Waals surface area contributed by atoms with Gasteiger partial charge < -0.3 is 10.1 Å². The van der Waals surface area contributed by atoms with Gasteiger partial charge in [0.25, 0.3) is 0 Å². The number of nitrogens with one attached hydrogen (secondary N) is 1. The SMILES string of the molecule is COC(=O)c1cnc(NC2CCCC(SC)C2)cn1. The van der Waals surface area contributed by atoms with Crippen molar-refractivity contribution in [1.82, 2.24) is 9.97 Å². The van der Waals surface area contributed by atoms with Gasteiger partial charge in [-0.1, -0.05) is 6.42 Å². The first-order chi connectivity index (χ1) is 9.22. The molecule has 0 amide bonds. The highest BCUT2D eigenvalue weighted by molar-refractivity contribution is 7.99. The molecule has 104 valence electrons. The first-order valence-corrected chi connectivity index (χ1v) is 7.71. The van der Waals surface area contributed by atoms with E-state index in [0.717, 1.165) is 23.9 Å². The predicted molar refractivity (Wildman–Crippen MR) is 76.6 cm³/mol. The average molecular weight is 281 g/mol. The minimum absolute atomic E-state index is 0.235. The van der Waals surface area contributed by atoms with Gasteiger partial charge in [-0.3, -0.25) is 0 Å². The number of aromatic nitrogens is 2. The van der Waals surface area contributed by atoms with E-state index in [1.807, 2.05) is 11.8 Å². The minimum Gasteiger partial charge on any atom is -0.464 e. The normalized spacial score (nSPS) is 22.8. The van der Waals surface area contributed by atoms with Crippen molar-refractivity contribution in [2.45, 2.75) is 37.0 Å². The molecule has 6 heteroatoms. The fourth-order valence-electron chi connectivity index (χ4n) is 2.31. The maximum atomic E-state index is 11.2. The van der Waals surface area contributed by atoms with Crippen LogP contribution in [0.5, 0.6) is 0 Å². The number of carbonyl (C=O) groups excluding carboxylic acids is 1. The molecule has 0 aromatic carbocycles. The van der Waals surface area contributed by atoms with Crippen molar-refractivity contribution in [1.29, 1.82) is 0 Å². The third kappa shape index (κ3) is 3.83. The number of hydrogen-bond donors (Lipinski definition) is 1. The summed E-state index contributed by atoms with van der Waals surface area (Å²) in [5.74, 6) is 0.263. The van der Waals surface area contributed by atoms with Crippen LogP contribution in [0.25, 0.3) is 0 Å². The molecule has 1 aliphatic rings. The Morgan fingerprint density at radius 3 is 2.89 bits per heavy atom. The van der Waals surface area contributed by atoms with Crippen LogP contribution in [0, 0.1) is 0 Å². The highest BCUT2D eigenvalue weighted by Crippen LogP contribution is 2.28. The molecule has 0 aliphatic heterocycles. The summed E-state index contributed by atoms with van der Waals surface area (Å²) >= 11 is 1.93. The van der Waals surface area contributed by atoms with Crippen LogP contribution in [0.15, 0.2) is 12.4 Å². The molecule has 0 spiro atoms. The van der Waals surface area contributed by atoms with Crippen LogP contribution in [0.1, 0.15) is 36.2 Å². The summed E-state index contributed by atoms with van der Waals surface area (Å²) in [4.78, 5) is 19.5. The van der Waals surface area contributed by atoms with Crippen molar-refractivity contribution in [3.8, 4) is 0 Å². The number of thioether (sulfide) groups is 1. The van der Waals surface area contributed by atoms with E-state index in [-0.39, 0.29) is 5.69 Å². The molecule has 19 heavy (non-hydrogen) atoms. The van der Waals surface area contributed by atoms with Crippen molar-refractivity contribution in [3.05, 3.63) is 18.1 Å². The number of nitrogens with zero attached hydrogens (tertiary/aromatic N) is 2. The highest BCUT2D eigenvalue weighted by atomic mass is 32.2. The van der Waals surface area contributed by atoms with E-state index < -0.39 is 5.97 Å². The van der Waals surface area contributed by atoms with E-state index in [1.54, 1.807) is 6.20 Å². The van der Waals surface area contributed by atoms with Gasteiger partial charge in [0.15, 0.2) is 5.69 Å². The third-order valence-corrected chi connectivity index (χ3v) is 4.45. The Morgan fingerprint density at radius 1 is 1.42 bits per heavy atom. The van der Waals surface area contributed by atoms with Gasteiger partial charge in [0, 0.05) is 11.3 Å². The molecular formula is C13H19N3O2S. The Hall–Kier alpha value is -1.30. The zero-order chi connectivity index (χ0) is 13.7. The van der Waals surface area contributed by atoms with Crippen molar-refractivity contribution in [2.75, 3.05) is 18.7 Å². The predicted octanol–water partition coefficient (Wildman–Crippen LogP) is 2.35. The second-order valence-electron chi connectivity index (χ2n) is 4.64. The number of carbonyl (C=O) groups is 1. The van der Waals surface area contributed by atoms with Gasteiger partial charge in [-0.25, -0.2) is 14.8 Å². The summed E-state index contributed by atoms with van der Waals surface area (Å²) in [6.07, 6.45) is 10.1. The molecule has 1 saturated carbocycles. The minimum atomic E-state index is -0.459. The summed E-state index contributed by atoms with van der Waals surface area (Å²) in [6.45, 7) is 0. The quantitative estimate of drug-likeness (QED) is 0.855. The second kappa shape index (κ2) is 6.75. The largest absolute Gasteiger partial charge is 0.464 e. The number of anilines is 1. The van der Waals surface area contributed by atoms with Crippen LogP contribution in [-0.4, -0.2) is 40.6 Å². The molecule has 2 rings (SSSR count). The van der Waals surface area contributed by atoms with Crippen LogP contribution in [0.4, 0.5) is 5.82 Å². The van der Waals surface area contributed by atoms with Crippen LogP contribution < -0.4 is 5.32 Å². The molecule has 0 radical (unpaired) electrons. The van der Waals surface area contributed by atoms with Crippen LogP contribution in [0.3, 0.4) is 0 Å². The molecule has 1 aliphatic carbocycles. The summed E-state index contributed by atoms with van der Waals surface area (Å²) in [5, 5.41) is 4.12. The van der Waals surface area contributed by atoms with Gasteiger partial charge in [0.05, 0.1) is 19.5 Å². The van der Waals surface area contributed by atoms with Crippen molar-refractivity contribution < 1.29 is 9.53 Å². The van der Waals surface area contributed by atoms with Gasteiger partial charge >= 0.3 is 5.97 Å². The molecular weight excluding hydrogens is 262 g/mol. The molecule has 1 aromatic heterocycles. The highest BCUT2D eigenvalue weighted by Gasteiger charge is 2.21. The lowest BCUT2D eigenvalue weighted by atomic mass is 9.95. The lowest BCUT2D eigenvalue weighted by Gasteiger charge is -2.28. The lowest BCUT2D eigenvalue weighted by Crippen LogP contribution is -2.29. The number of esters is 1. The molecule has 0 bridgehead atoms. The van der Waals surface area contributed by atoms with E-state index >= 15 is 0 Å². The van der Waals surface area contributed by atoms with Crippen LogP contribution >= 0.6 is 11.8 Å². The molecule has 1 fully saturated rings. The van der Waals surface area contributed by atoms with Crippen molar-refractivity contribution in [3.63, 3.8) is 0 Å². The summed E-state index contributed by atoms with van der Waals surface area (Å²) in [5.41, 5.74) is 0.235. The van der Waals surface area contributed by atoms with Gasteiger partial charge in [0.1, 0.15) is 5.82 Å². The monoisotopic (exact) mass is 281 g/mol.